The Morgan fingerprint density at radius 1 is 0.758 bits per heavy atom. The summed E-state index contributed by atoms with van der Waals surface area (Å²) >= 11 is 0. The first-order chi connectivity index (χ1) is 16.0. The molecule has 164 valence electrons. The molecule has 0 fully saturated rings. The van der Waals surface area contributed by atoms with Crippen LogP contribution in [0.1, 0.15) is 10.8 Å². The number of fused-ring (bicyclic) bond motifs is 2. The third-order valence-electron chi connectivity index (χ3n) is 5.85. The molecule has 5 aromatic rings. The van der Waals surface area contributed by atoms with E-state index in [9.17, 15) is 8.42 Å². The van der Waals surface area contributed by atoms with Crippen molar-refractivity contribution in [3.8, 4) is 11.1 Å². The van der Waals surface area contributed by atoms with Crippen LogP contribution in [-0.4, -0.2) is 19.9 Å². The maximum absolute atomic E-state index is 13.2. The van der Waals surface area contributed by atoms with Gasteiger partial charge in [-0.3, -0.25) is 9.71 Å². The minimum absolute atomic E-state index is 0.0256. The van der Waals surface area contributed by atoms with Gasteiger partial charge in [0.25, 0.3) is 0 Å². The Morgan fingerprint density at radius 3 is 2.24 bits per heavy atom. The lowest BCUT2D eigenvalue weighted by Crippen LogP contribution is -2.27. The Hall–Kier alpha value is -3.74. The standard InChI is InChI=1S/C27H23N3O2S/c28-17-27(33(31,32)30-26-12-11-25-18-29-14-13-24(25)16-26)21-8-5-20(6-9-21)23-10-7-19-3-1-2-4-22(19)15-23/h1-16,18,27,30H,17,28H2. The second kappa shape index (κ2) is 8.65. The molecule has 4 aromatic carbocycles. The van der Waals surface area contributed by atoms with Gasteiger partial charge in [0.15, 0.2) is 0 Å². The van der Waals surface area contributed by atoms with E-state index in [1.165, 1.54) is 5.39 Å². The molecule has 1 heterocycles. The number of hydrogen-bond donors (Lipinski definition) is 2. The van der Waals surface area contributed by atoms with E-state index in [0.717, 1.165) is 27.3 Å². The Bertz CT molecular complexity index is 1550. The number of nitrogens with two attached hydrogens (primary N) is 1. The number of anilines is 1. The first kappa shape index (κ1) is 21.1. The van der Waals surface area contributed by atoms with Crippen molar-refractivity contribution in [3.63, 3.8) is 0 Å². The number of pyridine rings is 1. The molecule has 5 rings (SSSR count). The van der Waals surface area contributed by atoms with Crippen molar-refractivity contribution in [1.82, 2.24) is 4.98 Å². The van der Waals surface area contributed by atoms with E-state index < -0.39 is 15.3 Å². The van der Waals surface area contributed by atoms with Crippen LogP contribution in [0.5, 0.6) is 0 Å². The van der Waals surface area contributed by atoms with Crippen molar-refractivity contribution in [2.45, 2.75) is 5.25 Å². The lowest BCUT2D eigenvalue weighted by Gasteiger charge is -2.18. The maximum atomic E-state index is 13.2. The maximum Gasteiger partial charge on any atom is 0.241 e. The molecule has 5 nitrogen and oxygen atoms in total. The van der Waals surface area contributed by atoms with Gasteiger partial charge in [-0.25, -0.2) is 8.42 Å². The fourth-order valence-electron chi connectivity index (χ4n) is 4.08. The number of nitrogens with one attached hydrogen (secondary N) is 1. The second-order valence-electron chi connectivity index (χ2n) is 7.99. The molecule has 33 heavy (non-hydrogen) atoms. The highest BCUT2D eigenvalue weighted by atomic mass is 32.2. The summed E-state index contributed by atoms with van der Waals surface area (Å²) in [4.78, 5) is 4.09. The Kier molecular flexibility index (Phi) is 5.54. The van der Waals surface area contributed by atoms with E-state index in [2.05, 4.69) is 40.0 Å². The van der Waals surface area contributed by atoms with Gasteiger partial charge >= 0.3 is 0 Å². The predicted octanol–water partition coefficient (Wildman–Crippen LogP) is 5.50. The lowest BCUT2D eigenvalue weighted by molar-refractivity contribution is 0.588. The number of rotatable bonds is 6. The average molecular weight is 454 g/mol. The highest BCUT2D eigenvalue weighted by molar-refractivity contribution is 7.93. The molecular weight excluding hydrogens is 430 g/mol. The minimum Gasteiger partial charge on any atom is -0.329 e. The van der Waals surface area contributed by atoms with Crippen LogP contribution in [0.15, 0.2) is 103 Å². The summed E-state index contributed by atoms with van der Waals surface area (Å²) in [6.07, 6.45) is 3.42. The summed E-state index contributed by atoms with van der Waals surface area (Å²) in [6, 6.07) is 29.3. The summed E-state index contributed by atoms with van der Waals surface area (Å²) < 4.78 is 29.0. The molecule has 1 unspecified atom stereocenters. The molecule has 3 N–H and O–H groups in total. The van der Waals surface area contributed by atoms with E-state index in [0.29, 0.717) is 11.3 Å². The van der Waals surface area contributed by atoms with Crippen LogP contribution in [0.2, 0.25) is 0 Å². The summed E-state index contributed by atoms with van der Waals surface area (Å²) in [5.74, 6) is 0. The summed E-state index contributed by atoms with van der Waals surface area (Å²) in [6.45, 7) is -0.0256. The Labute approximate surface area is 193 Å². The van der Waals surface area contributed by atoms with Crippen LogP contribution >= 0.6 is 0 Å². The normalized spacial score (nSPS) is 12.6. The monoisotopic (exact) mass is 453 g/mol. The van der Waals surface area contributed by atoms with Gasteiger partial charge in [0.1, 0.15) is 5.25 Å². The van der Waals surface area contributed by atoms with E-state index in [1.54, 1.807) is 24.5 Å². The first-order valence-corrected chi connectivity index (χ1v) is 12.2. The number of nitrogens with zero attached hydrogens (tertiary/aromatic N) is 1. The molecule has 0 saturated carbocycles. The summed E-state index contributed by atoms with van der Waals surface area (Å²) in [5.41, 5.74) is 9.17. The number of benzene rings is 4. The van der Waals surface area contributed by atoms with Gasteiger partial charge in [-0.05, 0) is 57.1 Å². The summed E-state index contributed by atoms with van der Waals surface area (Å²) in [7, 11) is -3.74. The van der Waals surface area contributed by atoms with Gasteiger partial charge in [0.2, 0.25) is 10.0 Å². The van der Waals surface area contributed by atoms with Crippen LogP contribution < -0.4 is 10.5 Å². The molecule has 1 aromatic heterocycles. The molecule has 0 radical (unpaired) electrons. The van der Waals surface area contributed by atoms with Gasteiger partial charge in [-0.1, -0.05) is 66.7 Å². The first-order valence-electron chi connectivity index (χ1n) is 10.7. The van der Waals surface area contributed by atoms with E-state index in [-0.39, 0.29) is 6.54 Å². The predicted molar refractivity (Wildman–Crippen MR) is 135 cm³/mol. The number of sulfonamides is 1. The highest BCUT2D eigenvalue weighted by Crippen LogP contribution is 2.29. The third-order valence-corrected chi connectivity index (χ3v) is 7.59. The average Bonchev–Trinajstić information content (AvgIpc) is 2.84. The molecule has 0 bridgehead atoms. The molecule has 6 heteroatoms. The highest BCUT2D eigenvalue weighted by Gasteiger charge is 2.26. The zero-order valence-corrected chi connectivity index (χ0v) is 18.7. The van der Waals surface area contributed by atoms with Gasteiger partial charge in [-0.2, -0.15) is 0 Å². The van der Waals surface area contributed by atoms with Crippen LogP contribution in [0.25, 0.3) is 32.7 Å². The minimum atomic E-state index is -3.74. The van der Waals surface area contributed by atoms with E-state index >= 15 is 0 Å². The lowest BCUT2D eigenvalue weighted by atomic mass is 10.00. The number of hydrogen-bond acceptors (Lipinski definition) is 4. The number of aromatic nitrogens is 1. The summed E-state index contributed by atoms with van der Waals surface area (Å²) in [5, 5.41) is 3.34. The molecule has 0 amide bonds. The second-order valence-corrected chi connectivity index (χ2v) is 9.86. The molecule has 0 saturated heterocycles. The molecule has 1 atom stereocenters. The largest absolute Gasteiger partial charge is 0.329 e. The fourth-order valence-corrected chi connectivity index (χ4v) is 5.45. The molecule has 0 spiro atoms. The quantitative estimate of drug-likeness (QED) is 0.356. The van der Waals surface area contributed by atoms with Crippen molar-refractivity contribution in [2.24, 2.45) is 5.73 Å². The van der Waals surface area contributed by atoms with E-state index in [4.69, 9.17) is 5.73 Å². The van der Waals surface area contributed by atoms with Crippen molar-refractivity contribution in [3.05, 3.63) is 109 Å². The van der Waals surface area contributed by atoms with Crippen LogP contribution in [-0.2, 0) is 10.0 Å². The SMILES string of the molecule is NCC(c1ccc(-c2ccc3ccccc3c2)cc1)S(=O)(=O)Nc1ccc2cnccc2c1. The van der Waals surface area contributed by atoms with Gasteiger partial charge in [-0.15, -0.1) is 0 Å². The third kappa shape index (κ3) is 4.31. The Morgan fingerprint density at radius 2 is 1.45 bits per heavy atom. The molecule has 0 aliphatic carbocycles. The van der Waals surface area contributed by atoms with Crippen molar-refractivity contribution in [1.29, 1.82) is 0 Å². The van der Waals surface area contributed by atoms with Crippen molar-refractivity contribution >= 4 is 37.3 Å². The van der Waals surface area contributed by atoms with Gasteiger partial charge in [0.05, 0.1) is 0 Å². The topological polar surface area (TPSA) is 85.1 Å². The van der Waals surface area contributed by atoms with E-state index in [1.807, 2.05) is 48.5 Å². The molecule has 0 aliphatic heterocycles. The molecular formula is C27H23N3O2S. The fraction of sp³-hybridized carbons (Fsp3) is 0.0741. The van der Waals surface area contributed by atoms with Crippen LogP contribution in [0.3, 0.4) is 0 Å². The van der Waals surface area contributed by atoms with Crippen LogP contribution in [0.4, 0.5) is 5.69 Å². The zero-order valence-electron chi connectivity index (χ0n) is 17.8. The van der Waals surface area contributed by atoms with Crippen molar-refractivity contribution < 1.29 is 8.42 Å². The smallest absolute Gasteiger partial charge is 0.241 e. The van der Waals surface area contributed by atoms with Gasteiger partial charge < -0.3 is 5.73 Å². The zero-order chi connectivity index (χ0) is 22.8. The molecule has 0 aliphatic rings. The van der Waals surface area contributed by atoms with Crippen LogP contribution in [0, 0.1) is 0 Å². The van der Waals surface area contributed by atoms with Crippen molar-refractivity contribution in [2.75, 3.05) is 11.3 Å². The van der Waals surface area contributed by atoms with Gasteiger partial charge in [0, 0.05) is 30.0 Å². The Balaban J connectivity index is 1.41.